The van der Waals surface area contributed by atoms with Gasteiger partial charge < -0.3 is 4.90 Å². The van der Waals surface area contributed by atoms with Crippen molar-refractivity contribution in [1.82, 2.24) is 14.6 Å². The van der Waals surface area contributed by atoms with E-state index in [9.17, 15) is 18.0 Å². The van der Waals surface area contributed by atoms with E-state index in [4.69, 9.17) is 0 Å². The number of likely N-dealkylation sites (tertiary alicyclic amines) is 1. The van der Waals surface area contributed by atoms with Gasteiger partial charge in [-0.1, -0.05) is 6.07 Å². The summed E-state index contributed by atoms with van der Waals surface area (Å²) in [6, 6.07) is 4.49. The second-order valence-corrected chi connectivity index (χ2v) is 7.64. The minimum absolute atomic E-state index is 0.171. The minimum Gasteiger partial charge on any atom is -0.342 e. The number of piperidine rings is 1. The van der Waals surface area contributed by atoms with Crippen molar-refractivity contribution < 1.29 is 18.0 Å². The molecule has 1 aliphatic carbocycles. The van der Waals surface area contributed by atoms with Gasteiger partial charge in [0.15, 0.2) is 5.03 Å². The Balaban J connectivity index is 1.56. The van der Waals surface area contributed by atoms with Crippen molar-refractivity contribution in [2.45, 2.75) is 30.7 Å². The van der Waals surface area contributed by atoms with E-state index < -0.39 is 21.8 Å². The van der Waals surface area contributed by atoms with Gasteiger partial charge in [0.2, 0.25) is 11.8 Å². The molecule has 1 aliphatic heterocycles. The largest absolute Gasteiger partial charge is 0.342 e. The summed E-state index contributed by atoms with van der Waals surface area (Å²) in [4.78, 5) is 29.7. The van der Waals surface area contributed by atoms with Crippen molar-refractivity contribution in [1.29, 1.82) is 0 Å². The maximum absolute atomic E-state index is 12.2. The molecule has 1 saturated carbocycles. The van der Waals surface area contributed by atoms with Crippen LogP contribution in [0, 0.1) is 11.8 Å². The summed E-state index contributed by atoms with van der Waals surface area (Å²) in [6.45, 7) is 1.02. The summed E-state index contributed by atoms with van der Waals surface area (Å²) >= 11 is 0. The van der Waals surface area contributed by atoms with Crippen molar-refractivity contribution in [2.75, 3.05) is 13.1 Å². The number of nitrogens with one attached hydrogen (secondary N) is 1. The quantitative estimate of drug-likeness (QED) is 0.865. The molecule has 23 heavy (non-hydrogen) atoms. The molecule has 2 fully saturated rings. The third-order valence-corrected chi connectivity index (χ3v) is 5.51. The summed E-state index contributed by atoms with van der Waals surface area (Å²) in [5.41, 5.74) is 0. The molecule has 0 unspecified atom stereocenters. The zero-order valence-electron chi connectivity index (χ0n) is 12.6. The van der Waals surface area contributed by atoms with Crippen LogP contribution >= 0.6 is 0 Å². The van der Waals surface area contributed by atoms with Gasteiger partial charge in [-0.3, -0.25) is 9.59 Å². The van der Waals surface area contributed by atoms with E-state index in [-0.39, 0.29) is 16.9 Å². The molecule has 2 aliphatic rings. The van der Waals surface area contributed by atoms with E-state index >= 15 is 0 Å². The molecule has 1 N–H and O–H groups in total. The van der Waals surface area contributed by atoms with Gasteiger partial charge in [-0.05, 0) is 37.8 Å². The SMILES string of the molecule is O=C(NS(=O)(=O)c1ccccn1)C1CCN(C(=O)C2CC2)CC1. The fourth-order valence-corrected chi connectivity index (χ4v) is 3.72. The lowest BCUT2D eigenvalue weighted by Gasteiger charge is -2.31. The van der Waals surface area contributed by atoms with Gasteiger partial charge in [-0.15, -0.1) is 0 Å². The van der Waals surface area contributed by atoms with E-state index in [0.29, 0.717) is 25.9 Å². The first-order valence-corrected chi connectivity index (χ1v) is 9.22. The number of nitrogens with zero attached hydrogens (tertiary/aromatic N) is 2. The van der Waals surface area contributed by atoms with Gasteiger partial charge >= 0.3 is 0 Å². The molecule has 1 saturated heterocycles. The van der Waals surface area contributed by atoms with E-state index in [1.54, 1.807) is 17.0 Å². The highest BCUT2D eigenvalue weighted by Gasteiger charge is 2.36. The predicted molar refractivity (Wildman–Crippen MR) is 81.6 cm³/mol. The highest BCUT2D eigenvalue weighted by Crippen LogP contribution is 2.32. The Labute approximate surface area is 135 Å². The molecule has 2 amide bonds. The Hall–Kier alpha value is -1.96. The molecule has 0 radical (unpaired) electrons. The minimum atomic E-state index is -3.93. The lowest BCUT2D eigenvalue weighted by Crippen LogP contribution is -2.44. The van der Waals surface area contributed by atoms with Crippen LogP contribution in [-0.2, 0) is 19.6 Å². The number of hydrogen-bond acceptors (Lipinski definition) is 5. The van der Waals surface area contributed by atoms with Gasteiger partial charge in [0.25, 0.3) is 10.0 Å². The van der Waals surface area contributed by atoms with Gasteiger partial charge in [0.05, 0.1) is 0 Å². The second-order valence-electron chi connectivity index (χ2n) is 6.01. The number of rotatable bonds is 4. The number of hydrogen-bond donors (Lipinski definition) is 1. The average Bonchev–Trinajstić information content (AvgIpc) is 3.40. The van der Waals surface area contributed by atoms with Crippen molar-refractivity contribution in [3.63, 3.8) is 0 Å². The van der Waals surface area contributed by atoms with E-state index in [2.05, 4.69) is 9.71 Å². The third-order valence-electron chi connectivity index (χ3n) is 4.25. The van der Waals surface area contributed by atoms with Crippen LogP contribution in [0.1, 0.15) is 25.7 Å². The number of sulfonamides is 1. The number of carbonyl (C=O) groups is 2. The molecular formula is C15H19N3O4S. The van der Waals surface area contributed by atoms with Gasteiger partial charge in [0, 0.05) is 31.1 Å². The topological polar surface area (TPSA) is 96.4 Å². The molecule has 1 aromatic heterocycles. The maximum atomic E-state index is 12.2. The molecule has 8 heteroatoms. The molecule has 0 bridgehead atoms. The van der Waals surface area contributed by atoms with Crippen LogP contribution in [0.5, 0.6) is 0 Å². The number of aromatic nitrogens is 1. The van der Waals surface area contributed by atoms with Crippen molar-refractivity contribution >= 4 is 21.8 Å². The normalized spacial score (nSPS) is 19.4. The molecule has 0 spiro atoms. The fraction of sp³-hybridized carbons (Fsp3) is 0.533. The molecule has 7 nitrogen and oxygen atoms in total. The number of amides is 2. The highest BCUT2D eigenvalue weighted by atomic mass is 32.2. The Morgan fingerprint density at radius 3 is 2.35 bits per heavy atom. The zero-order chi connectivity index (χ0) is 16.4. The lowest BCUT2D eigenvalue weighted by molar-refractivity contribution is -0.136. The molecule has 1 aromatic rings. The molecule has 2 heterocycles. The highest BCUT2D eigenvalue weighted by molar-refractivity contribution is 7.90. The third kappa shape index (κ3) is 3.69. The summed E-state index contributed by atoms with van der Waals surface area (Å²) in [5, 5.41) is -0.172. The molecular weight excluding hydrogens is 318 g/mol. The molecule has 3 rings (SSSR count). The number of pyridine rings is 1. The monoisotopic (exact) mass is 337 g/mol. The fourth-order valence-electron chi connectivity index (χ4n) is 2.72. The first-order valence-electron chi connectivity index (χ1n) is 7.74. The van der Waals surface area contributed by atoms with Crippen LogP contribution in [-0.4, -0.2) is 43.2 Å². The standard InChI is InChI=1S/C15H19N3O4S/c19-14(17-23(21,22)13-3-1-2-8-16-13)11-6-9-18(10-7-11)15(20)12-4-5-12/h1-3,8,11-12H,4-7,9-10H2,(H,17,19). The van der Waals surface area contributed by atoms with Crippen LogP contribution in [0.25, 0.3) is 0 Å². The first kappa shape index (κ1) is 15.9. The second kappa shape index (κ2) is 6.27. The van der Waals surface area contributed by atoms with E-state index in [0.717, 1.165) is 12.8 Å². The predicted octanol–water partition coefficient (Wildman–Crippen LogP) is 0.535. The first-order chi connectivity index (χ1) is 11.0. The smallest absolute Gasteiger partial charge is 0.281 e. The van der Waals surface area contributed by atoms with Crippen LogP contribution in [0.4, 0.5) is 0 Å². The van der Waals surface area contributed by atoms with Crippen LogP contribution in [0.3, 0.4) is 0 Å². The summed E-state index contributed by atoms with van der Waals surface area (Å²) in [5.74, 6) is -0.569. The van der Waals surface area contributed by atoms with Crippen molar-refractivity contribution in [3.8, 4) is 0 Å². The number of carbonyl (C=O) groups excluding carboxylic acids is 2. The Bertz CT molecular complexity index is 693. The van der Waals surface area contributed by atoms with Crippen LogP contribution < -0.4 is 4.72 Å². The van der Waals surface area contributed by atoms with Crippen LogP contribution in [0.15, 0.2) is 29.4 Å². The van der Waals surface area contributed by atoms with Gasteiger partial charge in [0.1, 0.15) is 0 Å². The summed E-state index contributed by atoms with van der Waals surface area (Å²) in [6.07, 6.45) is 4.26. The summed E-state index contributed by atoms with van der Waals surface area (Å²) in [7, 11) is -3.93. The molecule has 0 atom stereocenters. The summed E-state index contributed by atoms with van der Waals surface area (Å²) < 4.78 is 26.3. The molecule has 0 aromatic carbocycles. The van der Waals surface area contributed by atoms with Crippen LogP contribution in [0.2, 0.25) is 0 Å². The van der Waals surface area contributed by atoms with Crippen molar-refractivity contribution in [3.05, 3.63) is 24.4 Å². The maximum Gasteiger partial charge on any atom is 0.281 e. The average molecular weight is 337 g/mol. The van der Waals surface area contributed by atoms with Gasteiger partial charge in [-0.2, -0.15) is 8.42 Å². The molecule has 124 valence electrons. The Kier molecular flexibility index (Phi) is 4.34. The van der Waals surface area contributed by atoms with E-state index in [1.165, 1.54) is 12.3 Å². The Morgan fingerprint density at radius 2 is 1.78 bits per heavy atom. The van der Waals surface area contributed by atoms with Gasteiger partial charge in [-0.25, -0.2) is 9.71 Å². The lowest BCUT2D eigenvalue weighted by atomic mass is 9.96. The zero-order valence-corrected chi connectivity index (χ0v) is 13.5. The van der Waals surface area contributed by atoms with E-state index in [1.807, 2.05) is 0 Å². The van der Waals surface area contributed by atoms with Crippen molar-refractivity contribution in [2.24, 2.45) is 11.8 Å². The Morgan fingerprint density at radius 1 is 1.09 bits per heavy atom.